The van der Waals surface area contributed by atoms with Crippen LogP contribution in [0.15, 0.2) is 54.8 Å². The van der Waals surface area contributed by atoms with Crippen molar-refractivity contribution < 1.29 is 9.23 Å². The smallest absolute Gasteiger partial charge is 0.111 e. The summed E-state index contributed by atoms with van der Waals surface area (Å²) in [7, 11) is 0.500. The SMILES string of the molecule is C=C(/C=C\ON)/C=C/c1n[nH]c2ccccc12.CC.CF. The molecule has 1 aromatic heterocycles. The summed E-state index contributed by atoms with van der Waals surface area (Å²) in [5, 5.41) is 8.26. The average Bonchev–Trinajstić information content (AvgIpc) is 2.98. The summed E-state index contributed by atoms with van der Waals surface area (Å²) in [5.74, 6) is 4.87. The number of alkyl halides is 1. The number of aromatic amines is 1. The number of benzene rings is 1. The quantitative estimate of drug-likeness (QED) is 0.505. The van der Waals surface area contributed by atoms with Crippen LogP contribution in [0.2, 0.25) is 0 Å². The predicted molar refractivity (Wildman–Crippen MR) is 87.1 cm³/mol. The van der Waals surface area contributed by atoms with Gasteiger partial charge in [-0.25, -0.2) is 0 Å². The van der Waals surface area contributed by atoms with E-state index in [1.807, 2.05) is 50.3 Å². The Labute approximate surface area is 124 Å². The molecule has 0 atom stereocenters. The molecule has 0 spiro atoms. The Bertz CT molecular complexity index is 588. The summed E-state index contributed by atoms with van der Waals surface area (Å²) in [6.45, 7) is 7.82. The zero-order valence-corrected chi connectivity index (χ0v) is 12.6. The molecule has 0 saturated heterocycles. The largest absolute Gasteiger partial charge is 0.419 e. The zero-order chi connectivity index (χ0) is 16.1. The molecule has 0 aliphatic carbocycles. The average molecular weight is 291 g/mol. The fourth-order valence-corrected chi connectivity index (χ4v) is 1.48. The lowest BCUT2D eigenvalue weighted by atomic mass is 10.2. The van der Waals surface area contributed by atoms with Crippen LogP contribution >= 0.6 is 0 Å². The molecule has 4 nitrogen and oxygen atoms in total. The third kappa shape index (κ3) is 6.05. The Morgan fingerprint density at radius 1 is 1.29 bits per heavy atom. The van der Waals surface area contributed by atoms with E-state index in [2.05, 4.69) is 21.6 Å². The first-order chi connectivity index (χ1) is 10.3. The van der Waals surface area contributed by atoms with Gasteiger partial charge in [0.25, 0.3) is 0 Å². The molecule has 2 rings (SSSR count). The second kappa shape index (κ2) is 11.4. The summed E-state index contributed by atoms with van der Waals surface area (Å²) in [4.78, 5) is 4.32. The van der Waals surface area contributed by atoms with Gasteiger partial charge in [-0.15, -0.1) is 0 Å². The van der Waals surface area contributed by atoms with Gasteiger partial charge < -0.3 is 4.84 Å². The standard InChI is InChI=1S/C13H13N3O.C2H6.CH3F/c1-10(8-9-17-14)6-7-13-11-4-2-3-5-12(11)15-16-13;2*1-2/h2-9H,1,14H2,(H,15,16);1-2H3;1H3/b7-6+,9-8-;;. The van der Waals surface area contributed by atoms with E-state index in [1.165, 1.54) is 6.26 Å². The third-order valence-electron chi connectivity index (χ3n) is 2.32. The molecule has 114 valence electrons. The summed E-state index contributed by atoms with van der Waals surface area (Å²) in [6.07, 6.45) is 6.78. The molecule has 1 aromatic carbocycles. The van der Waals surface area contributed by atoms with Gasteiger partial charge in [-0.1, -0.05) is 44.7 Å². The summed E-state index contributed by atoms with van der Waals surface area (Å²) in [5.41, 5.74) is 2.67. The molecule has 5 heteroatoms. The highest BCUT2D eigenvalue weighted by molar-refractivity contribution is 5.86. The minimum Gasteiger partial charge on any atom is -0.419 e. The summed E-state index contributed by atoms with van der Waals surface area (Å²) >= 11 is 0. The van der Waals surface area contributed by atoms with Crippen LogP contribution in [0.3, 0.4) is 0 Å². The van der Waals surface area contributed by atoms with Crippen LogP contribution < -0.4 is 5.90 Å². The molecule has 3 N–H and O–H groups in total. The van der Waals surface area contributed by atoms with Crippen molar-refractivity contribution in [3.8, 4) is 0 Å². The minimum absolute atomic E-state index is 0.500. The molecule has 0 fully saturated rings. The molecule has 2 aromatic rings. The van der Waals surface area contributed by atoms with Crippen LogP contribution in [0.5, 0.6) is 0 Å². The lowest BCUT2D eigenvalue weighted by Crippen LogP contribution is -1.87. The van der Waals surface area contributed by atoms with Crippen LogP contribution in [0.25, 0.3) is 17.0 Å². The number of nitrogens with two attached hydrogens (primary N) is 1. The number of nitrogens with zero attached hydrogens (tertiary/aromatic N) is 1. The number of hydrogen-bond acceptors (Lipinski definition) is 3. The number of fused-ring (bicyclic) bond motifs is 1. The first-order valence-electron chi connectivity index (χ1n) is 6.51. The van der Waals surface area contributed by atoms with E-state index in [0.717, 1.165) is 22.2 Å². The van der Waals surface area contributed by atoms with Crippen molar-refractivity contribution in [2.45, 2.75) is 13.8 Å². The van der Waals surface area contributed by atoms with Crippen LogP contribution in [-0.4, -0.2) is 17.4 Å². The number of nitrogens with one attached hydrogen (secondary N) is 1. The lowest BCUT2D eigenvalue weighted by Gasteiger charge is -1.90. The Kier molecular flexibility index (Phi) is 10.1. The number of hydrogen-bond donors (Lipinski definition) is 2. The molecule has 0 unspecified atom stereocenters. The molecule has 0 amide bonds. The van der Waals surface area contributed by atoms with E-state index in [0.29, 0.717) is 7.18 Å². The molecule has 0 radical (unpaired) electrons. The van der Waals surface area contributed by atoms with Crippen molar-refractivity contribution in [3.63, 3.8) is 0 Å². The third-order valence-corrected chi connectivity index (χ3v) is 2.32. The monoisotopic (exact) mass is 291 g/mol. The van der Waals surface area contributed by atoms with Gasteiger partial charge >= 0.3 is 0 Å². The van der Waals surface area contributed by atoms with E-state index in [9.17, 15) is 4.39 Å². The maximum Gasteiger partial charge on any atom is 0.111 e. The van der Waals surface area contributed by atoms with Gasteiger partial charge in [0.2, 0.25) is 0 Å². The lowest BCUT2D eigenvalue weighted by molar-refractivity contribution is 0.261. The van der Waals surface area contributed by atoms with Gasteiger partial charge in [-0.3, -0.25) is 9.49 Å². The molecule has 0 aliphatic heterocycles. The number of halogens is 1. The highest BCUT2D eigenvalue weighted by atomic mass is 19.1. The van der Waals surface area contributed by atoms with Crippen molar-refractivity contribution in [3.05, 3.63) is 60.5 Å². The van der Waals surface area contributed by atoms with Crippen LogP contribution in [-0.2, 0) is 4.84 Å². The maximum atomic E-state index is 9.50. The molecule has 0 aliphatic rings. The van der Waals surface area contributed by atoms with Crippen LogP contribution in [0.1, 0.15) is 19.5 Å². The fourth-order valence-electron chi connectivity index (χ4n) is 1.48. The Balaban J connectivity index is 0.000000921. The van der Waals surface area contributed by atoms with Gasteiger partial charge in [0.1, 0.15) is 6.26 Å². The van der Waals surface area contributed by atoms with Gasteiger partial charge in [-0.05, 0) is 23.8 Å². The highest BCUT2D eigenvalue weighted by Gasteiger charge is 1.99. The van der Waals surface area contributed by atoms with E-state index < -0.39 is 0 Å². The predicted octanol–water partition coefficient (Wildman–Crippen LogP) is 4.15. The van der Waals surface area contributed by atoms with Crippen LogP contribution in [0, 0.1) is 0 Å². The van der Waals surface area contributed by atoms with Gasteiger partial charge in [0, 0.05) is 5.39 Å². The van der Waals surface area contributed by atoms with Gasteiger partial charge in [-0.2, -0.15) is 11.0 Å². The molecule has 0 saturated carbocycles. The van der Waals surface area contributed by atoms with E-state index in [4.69, 9.17) is 5.90 Å². The summed E-state index contributed by atoms with van der Waals surface area (Å²) < 4.78 is 9.50. The molecule has 0 bridgehead atoms. The number of rotatable bonds is 4. The van der Waals surface area contributed by atoms with Crippen LogP contribution in [0.4, 0.5) is 4.39 Å². The van der Waals surface area contributed by atoms with Crippen molar-refractivity contribution in [1.82, 2.24) is 10.2 Å². The maximum absolute atomic E-state index is 9.50. The second-order valence-corrected chi connectivity index (χ2v) is 3.50. The second-order valence-electron chi connectivity index (χ2n) is 3.50. The first kappa shape index (κ1) is 18.6. The van der Waals surface area contributed by atoms with Gasteiger partial charge in [0.05, 0.1) is 18.4 Å². The minimum atomic E-state index is 0.500. The number of para-hydroxylation sites is 1. The molecular formula is C16H22FN3O. The fraction of sp³-hybridized carbons (Fsp3) is 0.188. The zero-order valence-electron chi connectivity index (χ0n) is 12.6. The van der Waals surface area contributed by atoms with Crippen molar-refractivity contribution in [1.29, 1.82) is 0 Å². The number of H-pyrrole nitrogens is 1. The van der Waals surface area contributed by atoms with E-state index >= 15 is 0 Å². The number of aromatic nitrogens is 2. The Morgan fingerprint density at radius 2 is 1.95 bits per heavy atom. The molecule has 21 heavy (non-hydrogen) atoms. The Hall–Kier alpha value is -2.40. The molecule has 1 heterocycles. The van der Waals surface area contributed by atoms with Crippen molar-refractivity contribution in [2.24, 2.45) is 5.90 Å². The first-order valence-corrected chi connectivity index (χ1v) is 6.51. The van der Waals surface area contributed by atoms with Crippen molar-refractivity contribution >= 4 is 17.0 Å². The molecular weight excluding hydrogens is 269 g/mol. The van der Waals surface area contributed by atoms with Gasteiger partial charge in [0.15, 0.2) is 0 Å². The highest BCUT2D eigenvalue weighted by Crippen LogP contribution is 2.16. The van der Waals surface area contributed by atoms with E-state index in [1.54, 1.807) is 6.08 Å². The van der Waals surface area contributed by atoms with Crippen molar-refractivity contribution in [2.75, 3.05) is 7.18 Å². The Morgan fingerprint density at radius 3 is 2.62 bits per heavy atom. The van der Waals surface area contributed by atoms with E-state index in [-0.39, 0.29) is 0 Å². The topological polar surface area (TPSA) is 63.9 Å². The summed E-state index contributed by atoms with van der Waals surface area (Å²) in [6, 6.07) is 7.94. The number of allylic oxidation sites excluding steroid dienone is 3. The normalized spacial score (nSPS) is 9.95.